The highest BCUT2D eigenvalue weighted by molar-refractivity contribution is 5.03. The SMILES string of the molecule is CCC1CCN(C)CC1.CCCC1CCCN1C.CCCCCN(C)C.CCCCCNCC.CCCCN1CCN(C)CC1.CCCN1CCCC1.CCCN1CCCCC1.CCCN1CCCCC1.CCCN1CCOCC1.CCCc1ccccn1.CCN1CCCCC1.CN(C)CCN.CN(C)CCN1CCCCC1.CNCCN(C)C.NCCCn1ccnc1.OCCN1CCCCC1. The Labute approximate surface area is 869 Å². The largest absolute Gasteiger partial charge is 0.395 e. The number of β-amino-alcohol motifs (C(OH)–C–C–N with tert-alkyl or cyclic N) is 1. The quantitative estimate of drug-likeness (QED) is 0.0398. The van der Waals surface area contributed by atoms with E-state index in [1.54, 1.807) is 12.5 Å². The molecule has 10 aliphatic rings. The number of unbranched alkanes of at least 4 members (excludes halogenated alkanes) is 5. The molecular weight excluding hydrogens is 1720 g/mol. The van der Waals surface area contributed by atoms with E-state index in [2.05, 4.69) is 247 Å². The summed E-state index contributed by atoms with van der Waals surface area (Å²) in [6.45, 7) is 76.5. The first kappa shape index (κ1) is 143. The number of piperazine rings is 1. The predicted molar refractivity (Wildman–Crippen MR) is 617 cm³/mol. The van der Waals surface area contributed by atoms with Crippen molar-refractivity contribution < 1.29 is 9.84 Å². The lowest BCUT2D eigenvalue weighted by Crippen LogP contribution is -2.44. The topological polar surface area (TPSA) is 185 Å². The van der Waals surface area contributed by atoms with Crippen molar-refractivity contribution in [2.24, 2.45) is 17.4 Å². The summed E-state index contributed by atoms with van der Waals surface area (Å²) in [5.41, 5.74) is 11.7. The highest BCUT2D eigenvalue weighted by Gasteiger charge is 2.20. The first-order valence-electron chi connectivity index (χ1n) is 58.7. The molecule has 1 unspecified atom stereocenters. The molecule has 0 aliphatic carbocycles. The van der Waals surface area contributed by atoms with Gasteiger partial charge < -0.3 is 105 Å². The number of hydrogen-bond acceptors (Lipinski definition) is 23. The summed E-state index contributed by atoms with van der Waals surface area (Å²) in [6.07, 6.45) is 60.6. The molecule has 0 amide bonds. The summed E-state index contributed by atoms with van der Waals surface area (Å²) >= 11 is 0. The van der Waals surface area contributed by atoms with Gasteiger partial charge in [-0.15, -0.1) is 0 Å². The van der Waals surface area contributed by atoms with Gasteiger partial charge in [-0.1, -0.05) is 173 Å². The molecule has 10 fully saturated rings. The molecule has 0 bridgehead atoms. The number of aromatic nitrogens is 3. The van der Waals surface area contributed by atoms with Crippen molar-refractivity contribution in [2.75, 3.05) is 353 Å². The fraction of sp³-hybridized carbons (Fsp3) is 0.930. The van der Waals surface area contributed by atoms with Gasteiger partial charge in [0.25, 0.3) is 0 Å². The van der Waals surface area contributed by atoms with Gasteiger partial charge in [0.1, 0.15) is 0 Å². The number of rotatable bonds is 39. The van der Waals surface area contributed by atoms with Crippen LogP contribution in [0.2, 0.25) is 0 Å². The van der Waals surface area contributed by atoms with Gasteiger partial charge in [0.2, 0.25) is 0 Å². The van der Waals surface area contributed by atoms with E-state index in [0.717, 1.165) is 103 Å². The van der Waals surface area contributed by atoms with E-state index < -0.39 is 0 Å². The maximum Gasteiger partial charge on any atom is 0.0945 e. The summed E-state index contributed by atoms with van der Waals surface area (Å²) in [5.74, 6) is 1.03. The minimum atomic E-state index is 0.319. The van der Waals surface area contributed by atoms with Crippen molar-refractivity contribution in [3.8, 4) is 0 Å². The second kappa shape index (κ2) is 113. The Kier molecular flexibility index (Phi) is 116. The van der Waals surface area contributed by atoms with Gasteiger partial charge in [-0.25, -0.2) is 4.98 Å². The number of imidazole rings is 1. The van der Waals surface area contributed by atoms with Gasteiger partial charge in [0.15, 0.2) is 0 Å². The summed E-state index contributed by atoms with van der Waals surface area (Å²) in [7, 11) is 25.3. The molecule has 24 nitrogen and oxygen atoms in total. The number of likely N-dealkylation sites (tertiary alicyclic amines) is 8. The Hall–Kier alpha value is -2.48. The Bertz CT molecular complexity index is 2400. The van der Waals surface area contributed by atoms with Gasteiger partial charge >= 0.3 is 0 Å². The van der Waals surface area contributed by atoms with E-state index in [-0.39, 0.29) is 0 Å². The van der Waals surface area contributed by atoms with Crippen LogP contribution in [0.3, 0.4) is 0 Å². The number of morpholine rings is 1. The van der Waals surface area contributed by atoms with Crippen LogP contribution >= 0.6 is 0 Å². The molecule has 1 atom stereocenters. The zero-order chi connectivity index (χ0) is 104. The molecule has 2 aromatic heterocycles. The molecule has 0 radical (unpaired) electrons. The highest BCUT2D eigenvalue weighted by atomic mass is 16.5. The first-order valence-corrected chi connectivity index (χ1v) is 58.7. The zero-order valence-electron chi connectivity index (χ0n) is 98.0. The molecule has 12 rings (SSSR count). The fourth-order valence-corrected chi connectivity index (χ4v) is 17.6. The third kappa shape index (κ3) is 104. The highest BCUT2D eigenvalue weighted by Crippen LogP contribution is 2.20. The molecule has 0 spiro atoms. The molecule has 0 aromatic carbocycles. The van der Waals surface area contributed by atoms with E-state index in [4.69, 9.17) is 21.3 Å². The lowest BCUT2D eigenvalue weighted by Gasteiger charge is -2.32. The molecule has 139 heavy (non-hydrogen) atoms. The molecule has 10 saturated heterocycles. The van der Waals surface area contributed by atoms with Crippen LogP contribution in [0.15, 0.2) is 43.1 Å². The maximum absolute atomic E-state index is 8.58. The van der Waals surface area contributed by atoms with Crippen LogP contribution in [0, 0.1) is 5.92 Å². The number of aryl methyl sites for hydroxylation is 2. The molecule has 12 heterocycles. The maximum atomic E-state index is 8.58. The fourth-order valence-electron chi connectivity index (χ4n) is 17.6. The number of pyridine rings is 1. The Morgan fingerprint density at radius 1 is 0.381 bits per heavy atom. The number of nitrogens with two attached hydrogens (primary N) is 2. The number of aliphatic hydroxyl groups excluding tert-OH is 1. The monoisotopic (exact) mass is 1970 g/mol. The first-order chi connectivity index (χ1) is 67.5. The normalized spacial score (nSPS) is 18.7. The van der Waals surface area contributed by atoms with Gasteiger partial charge in [0.05, 0.1) is 26.1 Å². The minimum absolute atomic E-state index is 0.319. The van der Waals surface area contributed by atoms with Crippen LogP contribution in [0.25, 0.3) is 0 Å². The molecule has 7 N–H and O–H groups in total. The number of piperidine rings is 6. The smallest absolute Gasteiger partial charge is 0.0945 e. The second-order valence-corrected chi connectivity index (χ2v) is 41.4. The zero-order valence-corrected chi connectivity index (χ0v) is 98.0. The van der Waals surface area contributed by atoms with Crippen LogP contribution in [0.4, 0.5) is 0 Å². The number of likely N-dealkylation sites (N-methyl/N-ethyl adjacent to an activating group) is 5. The minimum Gasteiger partial charge on any atom is -0.395 e. The summed E-state index contributed by atoms with van der Waals surface area (Å²) < 4.78 is 7.23. The number of nitrogens with one attached hydrogen (secondary N) is 2. The summed E-state index contributed by atoms with van der Waals surface area (Å²) in [6, 6.07) is 6.94. The third-order valence-corrected chi connectivity index (χ3v) is 26.8. The van der Waals surface area contributed by atoms with Crippen LogP contribution in [0.5, 0.6) is 0 Å². The molecule has 2 aromatic rings. The number of hydrogen-bond donors (Lipinski definition) is 5. The van der Waals surface area contributed by atoms with Crippen LogP contribution in [-0.2, 0) is 17.7 Å². The van der Waals surface area contributed by atoms with Crippen molar-refractivity contribution >= 4 is 0 Å². The summed E-state index contributed by atoms with van der Waals surface area (Å²) in [5, 5.41) is 14.9. The average Bonchev–Trinajstić information content (AvgIpc) is 1.74. The van der Waals surface area contributed by atoms with Crippen molar-refractivity contribution in [1.29, 1.82) is 0 Å². The third-order valence-electron chi connectivity index (χ3n) is 26.8. The van der Waals surface area contributed by atoms with E-state index in [1.807, 2.05) is 50.2 Å². The Morgan fingerprint density at radius 2 is 0.820 bits per heavy atom. The van der Waals surface area contributed by atoms with Crippen LogP contribution in [0.1, 0.15) is 333 Å². The van der Waals surface area contributed by atoms with Crippen molar-refractivity contribution in [3.05, 3.63) is 48.8 Å². The Morgan fingerprint density at radius 3 is 1.17 bits per heavy atom. The number of ether oxygens (including phenoxy) is 1. The molecule has 24 heteroatoms. The number of nitrogens with zero attached hydrogens (tertiary/aromatic N) is 18. The van der Waals surface area contributed by atoms with E-state index in [1.165, 1.54) is 433 Å². The molecule has 0 saturated carbocycles. The molecular formula is C115H250N22O2. The molecule has 10 aliphatic heterocycles. The second-order valence-electron chi connectivity index (χ2n) is 41.4. The van der Waals surface area contributed by atoms with Crippen LogP contribution < -0.4 is 22.1 Å². The van der Waals surface area contributed by atoms with Gasteiger partial charge in [0, 0.05) is 122 Å². The van der Waals surface area contributed by atoms with E-state index >= 15 is 0 Å². The van der Waals surface area contributed by atoms with E-state index in [0.29, 0.717) is 6.61 Å². The lowest BCUT2D eigenvalue weighted by molar-refractivity contribution is 0.0380. The number of aliphatic hydroxyl groups is 1. The van der Waals surface area contributed by atoms with E-state index in [9.17, 15) is 0 Å². The van der Waals surface area contributed by atoms with Crippen molar-refractivity contribution in [1.82, 2.24) is 98.7 Å². The average molecular weight is 1970 g/mol. The predicted octanol–water partition coefficient (Wildman–Crippen LogP) is 18.7. The Balaban J connectivity index is -0.000000700. The lowest BCUT2D eigenvalue weighted by atomic mass is 9.95. The van der Waals surface area contributed by atoms with Crippen molar-refractivity contribution in [3.63, 3.8) is 0 Å². The van der Waals surface area contributed by atoms with Crippen LogP contribution in [-0.4, -0.2) is 452 Å². The molecule has 832 valence electrons. The van der Waals surface area contributed by atoms with Crippen molar-refractivity contribution in [2.45, 2.75) is 346 Å². The summed E-state index contributed by atoms with van der Waals surface area (Å²) in [4.78, 5) is 44.2. The van der Waals surface area contributed by atoms with Gasteiger partial charge in [-0.3, -0.25) is 9.88 Å². The van der Waals surface area contributed by atoms with Gasteiger partial charge in [-0.2, -0.15) is 0 Å². The van der Waals surface area contributed by atoms with Gasteiger partial charge in [-0.05, 0) is 433 Å². The standard InChI is InChI=1S/2C9H20N2.4C8H17N.C8H11N.2C7H15NO.2C7H15N.2C7H17N.C6H11N3.C5H14N2.C4H12N2/c1-10(2)8-9-11-6-4-3-5-7-11;1-3-4-5-11-8-6-10(2)7-9-11;1-3-8-4-6-9(2)7-5-8;1-3-5-8-6-4-7-9(8)2;2*1-2-6-9-7-4-3-5-8-9;1-2-5-8-6-3-4-7-9-8;1-2-3-8-4-6-9-7-5-8;9-7-6-8-4-2-1-3-5-8;1-2-8-6-4-3-5-7-8;1-2-5-8-6-3-4-7-8;1-4-5-6-7-8(2)3;1-3-5-6-7-8-4-2;7-2-1-4-9-5-3-8-6-9;1-6-4-5-7(2)3;1-6(2)4-3-5/h2*3-9H2,1-2H3;2*8H,3-7H2,1-2H3;2*2-8H2,1H3;3-4,6-7H,2,5H2,1H3;2-7H2,1H3;9H,1-7H2;2*2-7H2,1H3;4-7H2,1-3H3;8H,3-7H2,1-2H3;3,5-6H,1-2,4,7H2;6H,4-5H2,1-3H3;3-5H2,1-2H3.